The molecular weight excluding hydrogens is 254 g/mol. The maximum atomic E-state index is 3.81. The molecule has 0 amide bonds. The zero-order chi connectivity index (χ0) is 14.3. The fourth-order valence-corrected chi connectivity index (χ4v) is 5.75. The van der Waals surface area contributed by atoms with Crippen LogP contribution in [0.15, 0.2) is 30.8 Å². The molecule has 4 bridgehead atoms. The van der Waals surface area contributed by atoms with E-state index in [0.29, 0.717) is 5.41 Å². The van der Waals surface area contributed by atoms with Gasteiger partial charge in [0.25, 0.3) is 0 Å². The normalized spacial score (nSPS) is 36.9. The summed E-state index contributed by atoms with van der Waals surface area (Å²) in [5, 5.41) is 3.77. The zero-order valence-electron chi connectivity index (χ0n) is 13.0. The Balaban J connectivity index is 1.35. The molecular formula is C20H27N. The minimum atomic E-state index is 0.649. The molecule has 112 valence electrons. The fraction of sp³-hybridized carbons (Fsp3) is 0.600. The molecule has 1 heteroatoms. The maximum Gasteiger partial charge on any atom is 0.0205 e. The van der Waals surface area contributed by atoms with Crippen LogP contribution in [-0.2, 0) is 6.54 Å². The Morgan fingerprint density at radius 3 is 2.10 bits per heavy atom. The summed E-state index contributed by atoms with van der Waals surface area (Å²) in [6.45, 7) is 6.06. The number of hydrogen-bond acceptors (Lipinski definition) is 1. The van der Waals surface area contributed by atoms with Crippen LogP contribution in [0.2, 0.25) is 0 Å². The Morgan fingerprint density at radius 1 is 1.00 bits per heavy atom. The van der Waals surface area contributed by atoms with Gasteiger partial charge in [-0.05, 0) is 72.8 Å². The second-order valence-electron chi connectivity index (χ2n) is 7.97. The van der Waals surface area contributed by atoms with Crippen molar-refractivity contribution in [2.45, 2.75) is 45.1 Å². The molecule has 0 radical (unpaired) electrons. The molecule has 0 aromatic heterocycles. The van der Waals surface area contributed by atoms with Crippen LogP contribution in [0.4, 0.5) is 0 Å². The molecule has 0 spiro atoms. The van der Waals surface area contributed by atoms with Crippen molar-refractivity contribution in [2.24, 2.45) is 23.2 Å². The van der Waals surface area contributed by atoms with Gasteiger partial charge in [-0.25, -0.2) is 0 Å². The molecule has 4 aliphatic rings. The van der Waals surface area contributed by atoms with Crippen molar-refractivity contribution in [1.82, 2.24) is 5.32 Å². The van der Waals surface area contributed by atoms with Crippen molar-refractivity contribution < 1.29 is 0 Å². The van der Waals surface area contributed by atoms with Gasteiger partial charge in [-0.15, -0.1) is 0 Å². The molecule has 0 aliphatic heterocycles. The van der Waals surface area contributed by atoms with Gasteiger partial charge < -0.3 is 5.32 Å². The summed E-state index contributed by atoms with van der Waals surface area (Å²) in [4.78, 5) is 0. The van der Waals surface area contributed by atoms with Gasteiger partial charge in [0.2, 0.25) is 0 Å². The Morgan fingerprint density at radius 2 is 1.57 bits per heavy atom. The summed E-state index contributed by atoms with van der Waals surface area (Å²) in [7, 11) is 0. The average molecular weight is 281 g/mol. The largest absolute Gasteiger partial charge is 0.312 e. The molecule has 4 fully saturated rings. The molecule has 0 heterocycles. The third-order valence-electron chi connectivity index (χ3n) is 6.21. The zero-order valence-corrected chi connectivity index (χ0v) is 13.0. The first kappa shape index (κ1) is 13.6. The highest BCUT2D eigenvalue weighted by atomic mass is 14.9. The quantitative estimate of drug-likeness (QED) is 0.829. The topological polar surface area (TPSA) is 12.0 Å². The van der Waals surface area contributed by atoms with Crippen LogP contribution in [0.5, 0.6) is 0 Å². The highest BCUT2D eigenvalue weighted by molar-refractivity contribution is 5.47. The highest BCUT2D eigenvalue weighted by Crippen LogP contribution is 2.59. The van der Waals surface area contributed by atoms with Gasteiger partial charge in [-0.2, -0.15) is 0 Å². The van der Waals surface area contributed by atoms with Crippen molar-refractivity contribution in [3.63, 3.8) is 0 Å². The smallest absolute Gasteiger partial charge is 0.0205 e. The molecule has 5 rings (SSSR count). The van der Waals surface area contributed by atoms with Gasteiger partial charge >= 0.3 is 0 Å². The van der Waals surface area contributed by atoms with E-state index in [2.05, 4.69) is 36.2 Å². The molecule has 21 heavy (non-hydrogen) atoms. The van der Waals surface area contributed by atoms with Gasteiger partial charge in [0, 0.05) is 13.1 Å². The van der Waals surface area contributed by atoms with E-state index < -0.39 is 0 Å². The van der Waals surface area contributed by atoms with Crippen LogP contribution in [0.1, 0.15) is 49.7 Å². The summed E-state index contributed by atoms with van der Waals surface area (Å²) in [5.74, 6) is 3.18. The monoisotopic (exact) mass is 281 g/mol. The highest BCUT2D eigenvalue weighted by Gasteiger charge is 2.50. The molecule has 1 aromatic rings. The van der Waals surface area contributed by atoms with E-state index >= 15 is 0 Å². The second-order valence-corrected chi connectivity index (χ2v) is 7.97. The minimum Gasteiger partial charge on any atom is -0.312 e. The molecule has 0 unspecified atom stereocenters. The van der Waals surface area contributed by atoms with Crippen LogP contribution in [0.3, 0.4) is 0 Å². The summed E-state index contributed by atoms with van der Waals surface area (Å²) >= 11 is 0. The van der Waals surface area contributed by atoms with Crippen molar-refractivity contribution in [2.75, 3.05) is 6.54 Å². The molecule has 4 aliphatic carbocycles. The number of hydrogen-bond donors (Lipinski definition) is 1. The predicted octanol–water partition coefficient (Wildman–Crippen LogP) is 4.64. The molecule has 1 aromatic carbocycles. The molecule has 1 nitrogen and oxygen atoms in total. The lowest BCUT2D eigenvalue weighted by molar-refractivity contribution is -0.0514. The third-order valence-corrected chi connectivity index (χ3v) is 6.21. The minimum absolute atomic E-state index is 0.649. The first-order valence-electron chi connectivity index (χ1n) is 8.67. The van der Waals surface area contributed by atoms with E-state index in [1.807, 2.05) is 6.08 Å². The van der Waals surface area contributed by atoms with Crippen molar-refractivity contribution in [3.05, 3.63) is 42.0 Å². The Labute approximate surface area is 128 Å². The van der Waals surface area contributed by atoms with Crippen molar-refractivity contribution in [1.29, 1.82) is 0 Å². The fourth-order valence-electron chi connectivity index (χ4n) is 5.75. The van der Waals surface area contributed by atoms with Crippen LogP contribution >= 0.6 is 0 Å². The molecule has 0 saturated heterocycles. The van der Waals surface area contributed by atoms with E-state index in [4.69, 9.17) is 0 Å². The van der Waals surface area contributed by atoms with E-state index in [9.17, 15) is 0 Å². The summed E-state index contributed by atoms with van der Waals surface area (Å²) in [6, 6.07) is 8.77. The third kappa shape index (κ3) is 2.68. The van der Waals surface area contributed by atoms with Crippen LogP contribution in [-0.4, -0.2) is 6.54 Å². The van der Waals surface area contributed by atoms with E-state index in [-0.39, 0.29) is 0 Å². The van der Waals surface area contributed by atoms with E-state index in [0.717, 1.165) is 24.3 Å². The molecule has 1 N–H and O–H groups in total. The number of benzene rings is 1. The van der Waals surface area contributed by atoms with Crippen LogP contribution in [0.25, 0.3) is 6.08 Å². The van der Waals surface area contributed by atoms with Gasteiger partial charge in [0.15, 0.2) is 0 Å². The van der Waals surface area contributed by atoms with Crippen molar-refractivity contribution in [3.8, 4) is 0 Å². The lowest BCUT2D eigenvalue weighted by atomic mass is 9.49. The second kappa shape index (κ2) is 5.28. The number of rotatable bonds is 5. The first-order chi connectivity index (χ1) is 10.2. The summed E-state index contributed by atoms with van der Waals surface area (Å²) in [6.07, 6.45) is 11.0. The predicted molar refractivity (Wildman–Crippen MR) is 88.8 cm³/mol. The van der Waals surface area contributed by atoms with E-state index in [1.54, 1.807) is 19.3 Å². The summed E-state index contributed by atoms with van der Waals surface area (Å²) < 4.78 is 0. The van der Waals surface area contributed by atoms with Crippen LogP contribution in [0, 0.1) is 23.2 Å². The Kier molecular flexibility index (Phi) is 3.41. The standard InChI is InChI=1S/C20H27N/c1-2-15-3-5-16(6-4-15)13-21-14-20-10-17-7-18(11-20)9-19(8-17)12-20/h2-6,17-19,21H,1,7-14H2. The Hall–Kier alpha value is -1.08. The molecule has 4 saturated carbocycles. The summed E-state index contributed by atoms with van der Waals surface area (Å²) in [5.41, 5.74) is 3.25. The van der Waals surface area contributed by atoms with Crippen LogP contribution < -0.4 is 5.32 Å². The number of nitrogens with one attached hydrogen (secondary N) is 1. The average Bonchev–Trinajstić information content (AvgIpc) is 2.46. The van der Waals surface area contributed by atoms with Gasteiger partial charge in [0.1, 0.15) is 0 Å². The Bertz CT molecular complexity index is 478. The molecule has 0 atom stereocenters. The van der Waals surface area contributed by atoms with Gasteiger partial charge in [0.05, 0.1) is 0 Å². The maximum absolute atomic E-state index is 3.81. The van der Waals surface area contributed by atoms with Gasteiger partial charge in [-0.1, -0.05) is 36.9 Å². The lowest BCUT2D eigenvalue weighted by Crippen LogP contribution is -2.50. The van der Waals surface area contributed by atoms with E-state index in [1.165, 1.54) is 36.9 Å². The van der Waals surface area contributed by atoms with Gasteiger partial charge in [-0.3, -0.25) is 0 Å². The SMILES string of the molecule is C=Cc1ccc(CNCC23CC4CC(CC(C4)C2)C3)cc1. The lowest BCUT2D eigenvalue weighted by Gasteiger charge is -2.57. The van der Waals surface area contributed by atoms with Crippen molar-refractivity contribution >= 4 is 6.08 Å². The first-order valence-corrected chi connectivity index (χ1v) is 8.67.